The van der Waals surface area contributed by atoms with Crippen LogP contribution in [0.25, 0.3) is 33.4 Å². The van der Waals surface area contributed by atoms with E-state index in [2.05, 4.69) is 32.0 Å². The first kappa shape index (κ1) is 35.7. The van der Waals surface area contributed by atoms with Gasteiger partial charge in [-0.05, 0) is 68.1 Å². The molecule has 3 aromatic heterocycles. The maximum atomic E-state index is 14.6. The molecule has 1 unspecified atom stereocenters. The molecule has 5 heterocycles. The number of halogens is 2. The van der Waals surface area contributed by atoms with Crippen LogP contribution in [0.3, 0.4) is 0 Å². The van der Waals surface area contributed by atoms with Gasteiger partial charge in [0, 0.05) is 70.5 Å². The molecule has 2 aliphatic heterocycles. The number of H-pyrrole nitrogens is 1. The number of amides is 3. The molecular weight excluding hydrogens is 723 g/mol. The van der Waals surface area contributed by atoms with E-state index in [1.807, 2.05) is 85.2 Å². The van der Waals surface area contributed by atoms with E-state index in [4.69, 9.17) is 33.2 Å². The molecule has 54 heavy (non-hydrogen) atoms. The van der Waals surface area contributed by atoms with E-state index < -0.39 is 6.10 Å². The Balaban J connectivity index is 1.13. The predicted molar refractivity (Wildman–Crippen MR) is 213 cm³/mol. The number of carbonyl (C=O) groups excluding carboxylic acids is 2. The number of imidazole rings is 1. The number of pyridine rings is 1. The van der Waals surface area contributed by atoms with Crippen LogP contribution in [0.1, 0.15) is 48.3 Å². The van der Waals surface area contributed by atoms with Crippen LogP contribution in [0.5, 0.6) is 0 Å². The van der Waals surface area contributed by atoms with Crippen molar-refractivity contribution in [2.24, 2.45) is 0 Å². The van der Waals surface area contributed by atoms with Crippen molar-refractivity contribution in [3.63, 3.8) is 0 Å². The number of piperidine rings is 1. The van der Waals surface area contributed by atoms with Gasteiger partial charge in [0.2, 0.25) is 0 Å². The molecule has 0 bridgehead atoms. The number of aliphatic hydroxyl groups is 1. The number of nitrogens with zero attached hydrogens (tertiary/aromatic N) is 5. The highest BCUT2D eigenvalue weighted by atomic mass is 35.5. The molecular formula is C41H40Cl2N8O3. The van der Waals surface area contributed by atoms with Gasteiger partial charge in [-0.3, -0.25) is 4.79 Å². The average molecular weight is 764 g/mol. The fourth-order valence-corrected chi connectivity index (χ4v) is 7.85. The maximum absolute atomic E-state index is 14.6. The number of aromatic nitrogens is 4. The van der Waals surface area contributed by atoms with Crippen LogP contribution < -0.4 is 15.5 Å². The standard InChI is InChI=1S/C41H40Cl2N8O3/c1-25(26-9-11-28(42)12-10-26)51-24-45-36(27-6-3-2-4-7-27)38(51)35-32-14-13-29(43)22-34(32)47-37(35)40(53)48-33-8-5-18-44-39(33)49-19-15-30(16-20-49)46-41(54)50-21-17-31(52)23-50/h2-14,18,22,24-25,30-31,47,52H,15-17,19-21,23H2,1H3,(H,46,54)(H,48,53)/t25?,31-/m0/s1. The number of likely N-dealkylation sites (tertiary alicyclic amines) is 1. The molecule has 0 saturated carbocycles. The third-order valence-corrected chi connectivity index (χ3v) is 10.9. The Kier molecular flexibility index (Phi) is 10.0. The molecule has 0 radical (unpaired) electrons. The second-order valence-electron chi connectivity index (χ2n) is 13.9. The van der Waals surface area contributed by atoms with E-state index in [0.29, 0.717) is 70.9 Å². The zero-order chi connectivity index (χ0) is 37.3. The third kappa shape index (κ3) is 7.14. The molecule has 2 saturated heterocycles. The summed E-state index contributed by atoms with van der Waals surface area (Å²) >= 11 is 12.8. The highest BCUT2D eigenvalue weighted by Gasteiger charge is 2.31. The van der Waals surface area contributed by atoms with Crippen LogP contribution in [0, 0.1) is 0 Å². The molecule has 6 aromatic rings. The zero-order valence-corrected chi connectivity index (χ0v) is 31.2. The maximum Gasteiger partial charge on any atom is 0.317 e. The number of rotatable bonds is 8. The van der Waals surface area contributed by atoms with Crippen molar-refractivity contribution in [2.75, 3.05) is 36.4 Å². The van der Waals surface area contributed by atoms with Crippen molar-refractivity contribution >= 4 is 57.5 Å². The fraction of sp³-hybridized carbons (Fsp3) is 0.268. The summed E-state index contributed by atoms with van der Waals surface area (Å²) in [6, 6.07) is 26.7. The number of benzene rings is 3. The van der Waals surface area contributed by atoms with Crippen molar-refractivity contribution < 1.29 is 14.7 Å². The molecule has 0 aliphatic carbocycles. The molecule has 3 aromatic carbocycles. The molecule has 4 N–H and O–H groups in total. The molecule has 0 spiro atoms. The number of anilines is 2. The monoisotopic (exact) mass is 762 g/mol. The van der Waals surface area contributed by atoms with Crippen LogP contribution in [-0.4, -0.2) is 79.8 Å². The van der Waals surface area contributed by atoms with Crippen LogP contribution >= 0.6 is 23.2 Å². The Morgan fingerprint density at radius 2 is 1.67 bits per heavy atom. The number of urea groups is 1. The third-order valence-electron chi connectivity index (χ3n) is 10.4. The zero-order valence-electron chi connectivity index (χ0n) is 29.7. The second kappa shape index (κ2) is 15.2. The average Bonchev–Trinajstić information content (AvgIpc) is 3.92. The Bertz CT molecular complexity index is 2300. The molecule has 2 atom stereocenters. The first-order valence-corrected chi connectivity index (χ1v) is 18.9. The van der Waals surface area contributed by atoms with Crippen molar-refractivity contribution in [3.8, 4) is 22.5 Å². The SMILES string of the molecule is CC(c1ccc(Cl)cc1)n1cnc(-c2ccccc2)c1-c1c(C(=O)Nc2cccnc2N2CCC(NC(=O)N3CC[C@H](O)C3)CC2)[nH]c2cc(Cl)ccc12. The van der Waals surface area contributed by atoms with Gasteiger partial charge in [0.05, 0.1) is 35.5 Å². The van der Waals surface area contributed by atoms with Gasteiger partial charge < -0.3 is 35.1 Å². The summed E-state index contributed by atoms with van der Waals surface area (Å²) < 4.78 is 2.10. The number of hydrogen-bond donors (Lipinski definition) is 4. The van der Waals surface area contributed by atoms with Gasteiger partial charge in [0.15, 0.2) is 5.82 Å². The molecule has 2 aliphatic rings. The van der Waals surface area contributed by atoms with Crippen LogP contribution in [0.4, 0.5) is 16.3 Å². The van der Waals surface area contributed by atoms with Crippen LogP contribution in [-0.2, 0) is 0 Å². The second-order valence-corrected chi connectivity index (χ2v) is 14.8. The smallest absolute Gasteiger partial charge is 0.317 e. The lowest BCUT2D eigenvalue weighted by Crippen LogP contribution is -2.49. The fourth-order valence-electron chi connectivity index (χ4n) is 7.56. The van der Waals surface area contributed by atoms with E-state index in [-0.39, 0.29) is 24.0 Å². The van der Waals surface area contributed by atoms with Crippen molar-refractivity contribution in [1.82, 2.24) is 29.7 Å². The van der Waals surface area contributed by atoms with Gasteiger partial charge in [-0.25, -0.2) is 14.8 Å². The van der Waals surface area contributed by atoms with Crippen molar-refractivity contribution in [2.45, 2.75) is 44.4 Å². The number of fused-ring (bicyclic) bond motifs is 1. The summed E-state index contributed by atoms with van der Waals surface area (Å²) in [6.07, 6.45) is 5.13. The van der Waals surface area contributed by atoms with E-state index in [1.165, 1.54) is 0 Å². The number of hydrogen-bond acceptors (Lipinski definition) is 6. The minimum Gasteiger partial charge on any atom is -0.391 e. The van der Waals surface area contributed by atoms with E-state index in [0.717, 1.165) is 40.7 Å². The summed E-state index contributed by atoms with van der Waals surface area (Å²) in [5.41, 5.74) is 5.81. The summed E-state index contributed by atoms with van der Waals surface area (Å²) in [6.45, 7) is 4.31. The van der Waals surface area contributed by atoms with Gasteiger partial charge in [-0.15, -0.1) is 0 Å². The lowest BCUT2D eigenvalue weighted by Gasteiger charge is -2.34. The first-order chi connectivity index (χ1) is 26.2. The number of aliphatic hydroxyl groups excluding tert-OH is 1. The molecule has 2 fully saturated rings. The Labute approximate surface area is 322 Å². The minimum absolute atomic E-state index is 0.00732. The highest BCUT2D eigenvalue weighted by molar-refractivity contribution is 6.31. The quantitative estimate of drug-likeness (QED) is 0.124. The van der Waals surface area contributed by atoms with Gasteiger partial charge >= 0.3 is 6.03 Å². The molecule has 13 heteroatoms. The Morgan fingerprint density at radius 3 is 2.41 bits per heavy atom. The van der Waals surface area contributed by atoms with E-state index in [1.54, 1.807) is 17.2 Å². The number of aromatic amines is 1. The molecule has 8 rings (SSSR count). The molecule has 11 nitrogen and oxygen atoms in total. The van der Waals surface area contributed by atoms with Crippen molar-refractivity contribution in [1.29, 1.82) is 0 Å². The predicted octanol–water partition coefficient (Wildman–Crippen LogP) is 8.01. The van der Waals surface area contributed by atoms with E-state index in [9.17, 15) is 14.7 Å². The lowest BCUT2D eigenvalue weighted by atomic mass is 9.99. The lowest BCUT2D eigenvalue weighted by molar-refractivity contribution is 0.102. The molecule has 276 valence electrons. The largest absolute Gasteiger partial charge is 0.391 e. The minimum atomic E-state index is -0.459. The van der Waals surface area contributed by atoms with Gasteiger partial charge in [0.1, 0.15) is 5.69 Å². The number of nitrogens with one attached hydrogen (secondary N) is 3. The van der Waals surface area contributed by atoms with E-state index >= 15 is 0 Å². The topological polar surface area (TPSA) is 131 Å². The number of β-amino-alcohol motifs (C(OH)–C–C–N with tert-alkyl or cyclic N) is 1. The Morgan fingerprint density at radius 1 is 0.907 bits per heavy atom. The highest BCUT2D eigenvalue weighted by Crippen LogP contribution is 2.42. The molecule has 3 amide bonds. The van der Waals surface area contributed by atoms with Gasteiger partial charge in [-0.1, -0.05) is 71.7 Å². The van der Waals surface area contributed by atoms with Crippen LogP contribution in [0.2, 0.25) is 10.0 Å². The summed E-state index contributed by atoms with van der Waals surface area (Å²) in [5, 5.41) is 18.2. The van der Waals surface area contributed by atoms with Crippen LogP contribution in [0.15, 0.2) is 97.5 Å². The van der Waals surface area contributed by atoms with Crippen molar-refractivity contribution in [3.05, 3.63) is 119 Å². The van der Waals surface area contributed by atoms with Gasteiger partial charge in [0.25, 0.3) is 5.91 Å². The summed E-state index contributed by atoms with van der Waals surface area (Å²) in [4.78, 5) is 44.3. The first-order valence-electron chi connectivity index (χ1n) is 18.2. The number of carbonyl (C=O) groups is 2. The van der Waals surface area contributed by atoms with Gasteiger partial charge in [-0.2, -0.15) is 0 Å². The summed E-state index contributed by atoms with van der Waals surface area (Å²) in [5.74, 6) is 0.317. The normalized spacial score (nSPS) is 16.9. The Hall–Kier alpha value is -5.36. The summed E-state index contributed by atoms with van der Waals surface area (Å²) in [7, 11) is 0.